The van der Waals surface area contributed by atoms with Gasteiger partial charge in [0.05, 0.1) is 38.7 Å². The van der Waals surface area contributed by atoms with Crippen molar-refractivity contribution in [1.29, 1.82) is 0 Å². The molecule has 1 aliphatic heterocycles. The van der Waals surface area contributed by atoms with Crippen molar-refractivity contribution in [1.82, 2.24) is 14.9 Å². The van der Waals surface area contributed by atoms with Gasteiger partial charge in [-0.2, -0.15) is 4.31 Å². The second-order valence-corrected chi connectivity index (χ2v) is 8.56. The van der Waals surface area contributed by atoms with Crippen LogP contribution in [0.25, 0.3) is 0 Å². The number of carbonyl (C=O) groups excluding carboxylic acids is 2. The van der Waals surface area contributed by atoms with E-state index >= 15 is 0 Å². The van der Waals surface area contributed by atoms with Gasteiger partial charge in [0.15, 0.2) is 0 Å². The molecule has 0 aliphatic carbocycles. The van der Waals surface area contributed by atoms with Crippen LogP contribution in [0.1, 0.15) is 6.42 Å². The average molecular weight is 417 g/mol. The van der Waals surface area contributed by atoms with Gasteiger partial charge in [-0.25, -0.2) is 12.8 Å². The highest BCUT2D eigenvalue weighted by Gasteiger charge is 2.36. The lowest BCUT2D eigenvalue weighted by Gasteiger charge is -2.22. The zero-order valence-corrected chi connectivity index (χ0v) is 16.7. The summed E-state index contributed by atoms with van der Waals surface area (Å²) in [5.74, 6) is -2.18. The third-order valence-electron chi connectivity index (χ3n) is 4.15. The molecule has 28 heavy (non-hydrogen) atoms. The molecule has 2 rings (SSSR count). The Morgan fingerprint density at radius 3 is 2.50 bits per heavy atom. The smallest absolute Gasteiger partial charge is 0.309 e. The quantitative estimate of drug-likeness (QED) is 0.333. The molecule has 0 bridgehead atoms. The number of quaternary nitrogens is 1. The van der Waals surface area contributed by atoms with Crippen LogP contribution in [0.3, 0.4) is 0 Å². The van der Waals surface area contributed by atoms with Gasteiger partial charge in [0.2, 0.25) is 10.0 Å². The molecule has 1 aliphatic rings. The highest BCUT2D eigenvalue weighted by molar-refractivity contribution is 7.89. The Labute approximate surface area is 163 Å². The van der Waals surface area contributed by atoms with Crippen LogP contribution in [-0.4, -0.2) is 77.6 Å². The molecule has 0 unspecified atom stereocenters. The Kier molecular flexibility index (Phi) is 7.87. The van der Waals surface area contributed by atoms with E-state index in [4.69, 9.17) is 4.74 Å². The second-order valence-electron chi connectivity index (χ2n) is 6.67. The van der Waals surface area contributed by atoms with Gasteiger partial charge in [0.25, 0.3) is 0 Å². The number of halogens is 1. The lowest BCUT2D eigenvalue weighted by molar-refractivity contribution is -0.858. The summed E-state index contributed by atoms with van der Waals surface area (Å²) in [4.78, 5) is 24.8. The van der Waals surface area contributed by atoms with Crippen LogP contribution in [0.4, 0.5) is 4.39 Å². The van der Waals surface area contributed by atoms with Crippen LogP contribution >= 0.6 is 0 Å². The van der Waals surface area contributed by atoms with E-state index in [1.807, 2.05) is 14.1 Å². The van der Waals surface area contributed by atoms with Crippen molar-refractivity contribution in [2.75, 3.05) is 46.9 Å². The van der Waals surface area contributed by atoms with Crippen LogP contribution in [0.15, 0.2) is 29.2 Å². The number of carbonyl (C=O) groups is 2. The molecule has 156 valence electrons. The molecule has 1 aromatic rings. The lowest BCUT2D eigenvalue weighted by atomic mass is 10.4. The Morgan fingerprint density at radius 1 is 1.21 bits per heavy atom. The van der Waals surface area contributed by atoms with Gasteiger partial charge in [-0.15, -0.1) is 0 Å². The third-order valence-corrected chi connectivity index (χ3v) is 6.05. The summed E-state index contributed by atoms with van der Waals surface area (Å²) in [7, 11) is 0.0649. The van der Waals surface area contributed by atoms with E-state index < -0.39 is 33.9 Å². The van der Waals surface area contributed by atoms with Crippen LogP contribution < -0.4 is 15.5 Å². The fourth-order valence-corrected chi connectivity index (χ4v) is 4.18. The molecule has 11 heteroatoms. The number of ether oxygens (including phenoxy) is 1. The Morgan fingerprint density at radius 2 is 1.86 bits per heavy atom. The Balaban J connectivity index is 1.88. The Bertz CT molecular complexity index is 785. The highest BCUT2D eigenvalue weighted by Crippen LogP contribution is 2.22. The molecular weight excluding hydrogens is 391 g/mol. The molecule has 0 spiro atoms. The molecule has 3 N–H and O–H groups in total. The minimum atomic E-state index is -3.91. The van der Waals surface area contributed by atoms with Crippen LogP contribution in [-0.2, 0) is 24.3 Å². The van der Waals surface area contributed by atoms with Gasteiger partial charge < -0.3 is 20.3 Å². The number of benzene rings is 1. The molecule has 1 fully saturated rings. The molecule has 1 heterocycles. The van der Waals surface area contributed by atoms with Gasteiger partial charge in [-0.3, -0.25) is 9.59 Å². The van der Waals surface area contributed by atoms with E-state index in [-0.39, 0.29) is 24.6 Å². The summed E-state index contributed by atoms with van der Waals surface area (Å²) in [6, 6.07) is 4.45. The van der Waals surface area contributed by atoms with E-state index in [1.54, 1.807) is 0 Å². The maximum Gasteiger partial charge on any atom is 0.309 e. The largest absolute Gasteiger partial charge is 0.359 e. The SMILES string of the molecule is C[NH+](C)CCCNC(=O)C(=O)NC[C@@H]1OCCN1S(=O)(=O)c1ccc(F)cc1. The number of sulfonamides is 1. The van der Waals surface area contributed by atoms with Crippen LogP contribution in [0.2, 0.25) is 0 Å². The van der Waals surface area contributed by atoms with Gasteiger partial charge >= 0.3 is 11.8 Å². The molecule has 1 aromatic carbocycles. The summed E-state index contributed by atoms with van der Waals surface area (Å²) in [6.07, 6.45) is -0.208. The number of nitrogens with one attached hydrogen (secondary N) is 3. The summed E-state index contributed by atoms with van der Waals surface area (Å²) in [5.41, 5.74) is 0. The van der Waals surface area contributed by atoms with E-state index in [0.29, 0.717) is 6.54 Å². The molecule has 9 nitrogen and oxygen atoms in total. The molecule has 1 saturated heterocycles. The van der Waals surface area contributed by atoms with Crippen LogP contribution in [0.5, 0.6) is 0 Å². The average Bonchev–Trinajstić information content (AvgIpc) is 3.12. The lowest BCUT2D eigenvalue weighted by Crippen LogP contribution is -3.05. The highest BCUT2D eigenvalue weighted by atomic mass is 32.2. The first-order chi connectivity index (χ1) is 13.2. The minimum Gasteiger partial charge on any atom is -0.359 e. The van der Waals surface area contributed by atoms with E-state index in [1.165, 1.54) is 17.0 Å². The molecule has 2 amide bonds. The normalized spacial score (nSPS) is 17.6. The van der Waals surface area contributed by atoms with Crippen molar-refractivity contribution < 1.29 is 32.0 Å². The number of rotatable bonds is 8. The van der Waals surface area contributed by atoms with Crippen molar-refractivity contribution in [3.63, 3.8) is 0 Å². The standard InChI is InChI=1S/C17H25FN4O5S/c1-21(2)9-3-8-19-16(23)17(24)20-12-15-22(10-11-27-15)28(25,26)14-6-4-13(18)5-7-14/h4-7,15H,3,8-12H2,1-2H3,(H,19,23)(H,20,24)/p+1/t15-/m0/s1. The first-order valence-corrected chi connectivity index (χ1v) is 10.4. The zero-order chi connectivity index (χ0) is 20.7. The summed E-state index contributed by atoms with van der Waals surface area (Å²) >= 11 is 0. The zero-order valence-electron chi connectivity index (χ0n) is 15.9. The maximum atomic E-state index is 13.0. The van der Waals surface area contributed by atoms with Gasteiger partial charge in [0, 0.05) is 19.5 Å². The predicted octanol–water partition coefficient (Wildman–Crippen LogP) is -2.06. The van der Waals surface area contributed by atoms with Crippen molar-refractivity contribution in [3.8, 4) is 0 Å². The first-order valence-electron chi connectivity index (χ1n) is 8.96. The third kappa shape index (κ3) is 5.96. The van der Waals surface area contributed by atoms with Gasteiger partial charge in [-0.1, -0.05) is 0 Å². The fourth-order valence-electron chi connectivity index (χ4n) is 2.67. The predicted molar refractivity (Wildman–Crippen MR) is 98.3 cm³/mol. The molecular formula is C17H26FN4O5S+. The minimum absolute atomic E-state index is 0.0727. The van der Waals surface area contributed by atoms with E-state index in [9.17, 15) is 22.4 Å². The second kappa shape index (κ2) is 9.92. The summed E-state index contributed by atoms with van der Waals surface area (Å²) in [6.45, 7) is 1.31. The maximum absolute atomic E-state index is 13.0. The van der Waals surface area contributed by atoms with Crippen molar-refractivity contribution in [2.45, 2.75) is 17.5 Å². The van der Waals surface area contributed by atoms with Crippen molar-refractivity contribution >= 4 is 21.8 Å². The van der Waals surface area contributed by atoms with Gasteiger partial charge in [0.1, 0.15) is 12.0 Å². The van der Waals surface area contributed by atoms with Gasteiger partial charge in [-0.05, 0) is 24.3 Å². The summed E-state index contributed by atoms with van der Waals surface area (Å²) in [5, 5.41) is 4.90. The number of hydrogen-bond donors (Lipinski definition) is 3. The summed E-state index contributed by atoms with van der Waals surface area (Å²) < 4.78 is 44.9. The number of nitrogens with zero attached hydrogens (tertiary/aromatic N) is 1. The van der Waals surface area contributed by atoms with E-state index in [2.05, 4.69) is 10.6 Å². The van der Waals surface area contributed by atoms with E-state index in [0.717, 1.165) is 29.4 Å². The molecule has 0 radical (unpaired) electrons. The molecule has 0 aromatic heterocycles. The molecule has 1 atom stereocenters. The topological polar surface area (TPSA) is 109 Å². The number of amides is 2. The van der Waals surface area contributed by atoms with Crippen LogP contribution in [0, 0.1) is 5.82 Å². The molecule has 0 saturated carbocycles. The number of hydrogen-bond acceptors (Lipinski definition) is 5. The van der Waals surface area contributed by atoms with Crippen molar-refractivity contribution in [2.24, 2.45) is 0 Å². The Hall–Kier alpha value is -2.08. The first kappa shape index (κ1) is 22.2. The fraction of sp³-hybridized carbons (Fsp3) is 0.529. The van der Waals surface area contributed by atoms with Crippen molar-refractivity contribution in [3.05, 3.63) is 30.1 Å². The monoisotopic (exact) mass is 417 g/mol.